The molecule has 5 nitrogen and oxygen atoms in total. The number of aliphatic hydroxyl groups excluding tert-OH is 1. The summed E-state index contributed by atoms with van der Waals surface area (Å²) in [6.07, 6.45) is 3.98. The van der Waals surface area contributed by atoms with E-state index in [-0.39, 0.29) is 18.0 Å². The van der Waals surface area contributed by atoms with Crippen molar-refractivity contribution in [3.63, 3.8) is 0 Å². The number of carbonyl (C=O) groups excluding carboxylic acids is 1. The molecule has 184 valence electrons. The number of piperidine rings is 1. The molecule has 3 aromatic rings. The number of aryl methyl sites for hydroxylation is 1. The Morgan fingerprint density at radius 2 is 1.80 bits per heavy atom. The van der Waals surface area contributed by atoms with Crippen molar-refractivity contribution in [2.45, 2.75) is 39.3 Å². The topological polar surface area (TPSA) is 58.4 Å². The van der Waals surface area contributed by atoms with E-state index in [9.17, 15) is 27.5 Å². The van der Waals surface area contributed by atoms with Gasteiger partial charge in [-0.05, 0) is 67.7 Å². The van der Waals surface area contributed by atoms with Crippen molar-refractivity contribution in [2.24, 2.45) is 5.92 Å². The van der Waals surface area contributed by atoms with Gasteiger partial charge in [0.25, 0.3) is 0 Å². The molecule has 1 unspecified atom stereocenters. The highest BCUT2D eigenvalue weighted by atomic mass is 19.2. The monoisotopic (exact) mass is 487 g/mol. The zero-order chi connectivity index (χ0) is 25.4. The third-order valence-electron chi connectivity index (χ3n) is 6.06. The van der Waals surface area contributed by atoms with Crippen LogP contribution in [0, 0.1) is 36.1 Å². The largest absolute Gasteiger partial charge is 0.391 e. The molecule has 1 fully saturated rings. The fraction of sp³-hybridized carbons (Fsp3) is 0.308. The van der Waals surface area contributed by atoms with Gasteiger partial charge in [-0.15, -0.1) is 0 Å². The summed E-state index contributed by atoms with van der Waals surface area (Å²) in [6, 6.07) is 5.05. The summed E-state index contributed by atoms with van der Waals surface area (Å²) in [4.78, 5) is 18.8. The molecular formula is C26H25F4N3O2. The summed E-state index contributed by atoms with van der Waals surface area (Å²) in [6.45, 7) is 5.30. The second-order valence-electron chi connectivity index (χ2n) is 9.05. The standard InChI is InChI=1S/C26H25F4N3O2/c1-14-6-19(7-17-4-5-23(20(27)8-17)32-12-15(2)31-13-32)26(35)33(11-14)25(16(3)34)18-9-21(28)24(30)22(29)10-18/h4-5,7-10,12-14,16,25,34H,6,11H2,1-3H3/b19-7+/t14?,16-,25-/m1/s1. The van der Waals surface area contributed by atoms with E-state index in [0.717, 1.165) is 17.8 Å². The lowest BCUT2D eigenvalue weighted by atomic mass is 9.89. The highest BCUT2D eigenvalue weighted by Gasteiger charge is 2.36. The minimum Gasteiger partial charge on any atom is -0.391 e. The summed E-state index contributed by atoms with van der Waals surface area (Å²) >= 11 is 0. The van der Waals surface area contributed by atoms with Gasteiger partial charge in [0, 0.05) is 18.3 Å². The van der Waals surface area contributed by atoms with Gasteiger partial charge < -0.3 is 14.6 Å². The lowest BCUT2D eigenvalue weighted by molar-refractivity contribution is -0.135. The molecule has 1 N–H and O–H groups in total. The van der Waals surface area contributed by atoms with Gasteiger partial charge >= 0.3 is 0 Å². The van der Waals surface area contributed by atoms with Crippen LogP contribution in [0.15, 0.2) is 48.4 Å². The van der Waals surface area contributed by atoms with Gasteiger partial charge in [0.1, 0.15) is 5.82 Å². The van der Waals surface area contributed by atoms with Gasteiger partial charge in [0.05, 0.1) is 29.9 Å². The van der Waals surface area contributed by atoms with Crippen LogP contribution >= 0.6 is 0 Å². The van der Waals surface area contributed by atoms with Crippen molar-refractivity contribution < 1.29 is 27.5 Å². The Bertz CT molecular complexity index is 1280. The number of amides is 1. The number of hydrogen-bond donors (Lipinski definition) is 1. The molecule has 0 spiro atoms. The SMILES string of the molecule is Cc1cn(-c2ccc(/C=C3\CC(C)CN([C@@H](c4cc(F)c(F)c(F)c4)[C@@H](C)O)C3=O)cc2F)cn1. The quantitative estimate of drug-likeness (QED) is 0.309. The van der Waals surface area contributed by atoms with Gasteiger partial charge in [-0.1, -0.05) is 13.0 Å². The van der Waals surface area contributed by atoms with Crippen LogP contribution in [0.3, 0.4) is 0 Å². The Morgan fingerprint density at radius 1 is 1.11 bits per heavy atom. The van der Waals surface area contributed by atoms with E-state index in [4.69, 9.17) is 0 Å². The van der Waals surface area contributed by atoms with Gasteiger partial charge in [0.15, 0.2) is 17.5 Å². The van der Waals surface area contributed by atoms with E-state index < -0.39 is 41.3 Å². The normalized spacial score (nSPS) is 19.3. The third-order valence-corrected chi connectivity index (χ3v) is 6.06. The molecule has 1 amide bonds. The first kappa shape index (κ1) is 24.7. The van der Waals surface area contributed by atoms with Crippen molar-refractivity contribution >= 4 is 12.0 Å². The average molecular weight is 487 g/mol. The molecule has 0 saturated carbocycles. The molecule has 0 bridgehead atoms. The number of nitrogens with zero attached hydrogens (tertiary/aromatic N) is 3. The zero-order valence-corrected chi connectivity index (χ0v) is 19.5. The van der Waals surface area contributed by atoms with Gasteiger partial charge in [-0.2, -0.15) is 0 Å². The predicted octanol–water partition coefficient (Wildman–Crippen LogP) is 5.11. The van der Waals surface area contributed by atoms with Crippen molar-refractivity contribution in [1.29, 1.82) is 0 Å². The Hall–Kier alpha value is -3.46. The molecule has 1 aliphatic rings. The lowest BCUT2D eigenvalue weighted by Gasteiger charge is -2.40. The third kappa shape index (κ3) is 5.00. The molecule has 9 heteroatoms. The maximum atomic E-state index is 14.8. The zero-order valence-electron chi connectivity index (χ0n) is 19.5. The summed E-state index contributed by atoms with van der Waals surface area (Å²) in [5.74, 6) is -5.41. The Kier molecular flexibility index (Phi) is 6.80. The van der Waals surface area contributed by atoms with Crippen LogP contribution in [0.25, 0.3) is 11.8 Å². The van der Waals surface area contributed by atoms with Gasteiger partial charge in [-0.25, -0.2) is 22.5 Å². The number of halogens is 4. The maximum absolute atomic E-state index is 14.8. The highest BCUT2D eigenvalue weighted by Crippen LogP contribution is 2.34. The first-order valence-electron chi connectivity index (χ1n) is 11.2. The van der Waals surface area contributed by atoms with Crippen molar-refractivity contribution in [2.75, 3.05) is 6.54 Å². The first-order chi connectivity index (χ1) is 16.5. The van der Waals surface area contributed by atoms with Crippen LogP contribution in [0.4, 0.5) is 17.6 Å². The van der Waals surface area contributed by atoms with E-state index in [2.05, 4.69) is 4.98 Å². The van der Waals surface area contributed by atoms with E-state index in [1.165, 1.54) is 24.2 Å². The Balaban J connectivity index is 1.67. The van der Waals surface area contributed by atoms with Crippen molar-refractivity contribution in [3.8, 4) is 5.69 Å². The lowest BCUT2D eigenvalue weighted by Crippen LogP contribution is -2.46. The van der Waals surface area contributed by atoms with E-state index >= 15 is 0 Å². The maximum Gasteiger partial charge on any atom is 0.250 e. The average Bonchev–Trinajstić information content (AvgIpc) is 3.21. The summed E-state index contributed by atoms with van der Waals surface area (Å²) < 4.78 is 57.7. The fourth-order valence-electron chi connectivity index (χ4n) is 4.53. The minimum atomic E-state index is -1.62. The number of imidazole rings is 1. The molecule has 0 radical (unpaired) electrons. The molecule has 2 aromatic carbocycles. The predicted molar refractivity (Wildman–Crippen MR) is 122 cm³/mol. The molecule has 0 aliphatic carbocycles. The van der Waals surface area contributed by atoms with Crippen LogP contribution in [-0.4, -0.2) is 38.1 Å². The molecule has 2 heterocycles. The van der Waals surface area contributed by atoms with E-state index in [1.807, 2.05) is 6.92 Å². The number of carbonyl (C=O) groups is 1. The molecule has 1 aliphatic heterocycles. The van der Waals surface area contributed by atoms with Crippen LogP contribution in [0.5, 0.6) is 0 Å². The molecule has 4 rings (SSSR count). The van der Waals surface area contributed by atoms with E-state index in [1.54, 1.807) is 35.9 Å². The smallest absolute Gasteiger partial charge is 0.250 e. The summed E-state index contributed by atoms with van der Waals surface area (Å²) in [7, 11) is 0. The van der Waals surface area contributed by atoms with Crippen LogP contribution < -0.4 is 0 Å². The summed E-state index contributed by atoms with van der Waals surface area (Å²) in [5, 5.41) is 10.4. The second kappa shape index (κ2) is 9.65. The molecule has 3 atom stereocenters. The second-order valence-corrected chi connectivity index (χ2v) is 9.05. The minimum absolute atomic E-state index is 0.0478. The van der Waals surface area contributed by atoms with E-state index in [0.29, 0.717) is 23.2 Å². The van der Waals surface area contributed by atoms with Crippen LogP contribution in [0.1, 0.15) is 43.1 Å². The molecular weight excluding hydrogens is 462 g/mol. The first-order valence-corrected chi connectivity index (χ1v) is 11.2. The Morgan fingerprint density at radius 3 is 2.37 bits per heavy atom. The highest BCUT2D eigenvalue weighted by molar-refractivity contribution is 5.99. The number of rotatable bonds is 5. The molecule has 1 saturated heterocycles. The van der Waals surface area contributed by atoms with Gasteiger partial charge in [0.2, 0.25) is 5.91 Å². The number of aromatic nitrogens is 2. The fourth-order valence-corrected chi connectivity index (χ4v) is 4.53. The number of aliphatic hydroxyl groups is 1. The van der Waals surface area contributed by atoms with Crippen molar-refractivity contribution in [1.82, 2.24) is 14.5 Å². The van der Waals surface area contributed by atoms with Crippen LogP contribution in [0.2, 0.25) is 0 Å². The number of likely N-dealkylation sites (tertiary alicyclic amines) is 1. The number of hydrogen-bond acceptors (Lipinski definition) is 3. The van der Waals surface area contributed by atoms with Crippen molar-refractivity contribution in [3.05, 3.63) is 88.5 Å². The van der Waals surface area contributed by atoms with Gasteiger partial charge in [-0.3, -0.25) is 4.79 Å². The summed E-state index contributed by atoms with van der Waals surface area (Å²) in [5.41, 5.74) is 1.83. The Labute approximate surface area is 200 Å². The molecule has 35 heavy (non-hydrogen) atoms. The number of benzene rings is 2. The van der Waals surface area contributed by atoms with Crippen LogP contribution in [-0.2, 0) is 4.79 Å². The molecule has 1 aromatic heterocycles.